The van der Waals surface area contributed by atoms with Crippen LogP contribution in [0.5, 0.6) is 5.75 Å². The Morgan fingerprint density at radius 2 is 1.95 bits per heavy atom. The van der Waals surface area contributed by atoms with Gasteiger partial charge in [-0.15, -0.1) is 0 Å². The lowest BCUT2D eigenvalue weighted by atomic mass is 9.91. The molecule has 22 heavy (non-hydrogen) atoms. The summed E-state index contributed by atoms with van der Waals surface area (Å²) < 4.78 is 5.62. The van der Waals surface area contributed by atoms with Crippen molar-refractivity contribution < 1.29 is 9.53 Å². The summed E-state index contributed by atoms with van der Waals surface area (Å²) >= 11 is 0. The van der Waals surface area contributed by atoms with Crippen molar-refractivity contribution in [3.05, 3.63) is 34.9 Å². The Bertz CT molecular complexity index is 569. The van der Waals surface area contributed by atoms with E-state index in [2.05, 4.69) is 39.0 Å². The van der Waals surface area contributed by atoms with Crippen molar-refractivity contribution in [2.24, 2.45) is 0 Å². The molecule has 0 heterocycles. The molecule has 0 aromatic heterocycles. The molecule has 0 aliphatic heterocycles. The molecule has 0 N–H and O–H groups in total. The van der Waals surface area contributed by atoms with Crippen molar-refractivity contribution in [3.8, 4) is 5.75 Å². The van der Waals surface area contributed by atoms with Crippen LogP contribution in [0, 0.1) is 6.92 Å². The molecular weight excluding hydrogens is 272 g/mol. The number of rotatable bonds is 8. The Hall–Kier alpha value is -1.57. The summed E-state index contributed by atoms with van der Waals surface area (Å²) in [7, 11) is 1.72. The standard InChI is InChI=1S/C20H28O2/c1-5-6-7-8-9-17(21)13-16-12-15(3)18-11-10-14(2)20(22-4)19(16)18/h10-12,16H,5-9,13H2,1-4H3. The van der Waals surface area contributed by atoms with E-state index in [1.165, 1.54) is 36.0 Å². The number of carbonyl (C=O) groups is 1. The maximum atomic E-state index is 12.3. The van der Waals surface area contributed by atoms with E-state index < -0.39 is 0 Å². The third-order valence-corrected chi connectivity index (χ3v) is 4.60. The molecule has 120 valence electrons. The molecule has 1 aliphatic rings. The smallest absolute Gasteiger partial charge is 0.133 e. The minimum absolute atomic E-state index is 0.184. The van der Waals surface area contributed by atoms with Crippen LogP contribution >= 0.6 is 0 Å². The van der Waals surface area contributed by atoms with Gasteiger partial charge in [0.1, 0.15) is 11.5 Å². The third kappa shape index (κ3) is 3.60. The molecule has 2 nitrogen and oxygen atoms in total. The number of methoxy groups -OCH3 is 1. The number of carbonyl (C=O) groups excluding carboxylic acids is 1. The summed E-state index contributed by atoms with van der Waals surface area (Å²) in [6.07, 6.45) is 8.19. The molecule has 0 fully saturated rings. The lowest BCUT2D eigenvalue weighted by Crippen LogP contribution is -2.06. The number of ether oxygens (including phenoxy) is 1. The third-order valence-electron chi connectivity index (χ3n) is 4.60. The Morgan fingerprint density at radius 1 is 1.18 bits per heavy atom. The summed E-state index contributed by atoms with van der Waals surface area (Å²) in [5.41, 5.74) is 4.86. The Kier molecular flexibility index (Phi) is 5.82. The van der Waals surface area contributed by atoms with Gasteiger partial charge in [0.05, 0.1) is 7.11 Å². The molecule has 2 rings (SSSR count). The summed E-state index contributed by atoms with van der Waals surface area (Å²) in [6.45, 7) is 6.38. The highest BCUT2D eigenvalue weighted by molar-refractivity contribution is 5.83. The van der Waals surface area contributed by atoms with Gasteiger partial charge in [-0.1, -0.05) is 44.4 Å². The molecule has 1 unspecified atom stereocenters. The fourth-order valence-electron chi connectivity index (χ4n) is 3.42. The Morgan fingerprint density at radius 3 is 2.64 bits per heavy atom. The largest absolute Gasteiger partial charge is 0.496 e. The predicted molar refractivity (Wildman–Crippen MR) is 92.5 cm³/mol. The molecule has 2 heteroatoms. The fraction of sp³-hybridized carbons (Fsp3) is 0.550. The number of hydrogen-bond donors (Lipinski definition) is 0. The highest BCUT2D eigenvalue weighted by Crippen LogP contribution is 2.44. The zero-order chi connectivity index (χ0) is 16.1. The second kappa shape index (κ2) is 7.62. The molecule has 1 aromatic rings. The van der Waals surface area contributed by atoms with Gasteiger partial charge in [-0.2, -0.15) is 0 Å². The van der Waals surface area contributed by atoms with Gasteiger partial charge in [0.2, 0.25) is 0 Å². The number of fused-ring (bicyclic) bond motifs is 1. The lowest BCUT2D eigenvalue weighted by molar-refractivity contribution is -0.119. The van der Waals surface area contributed by atoms with Crippen LogP contribution in [0.15, 0.2) is 18.2 Å². The highest BCUT2D eigenvalue weighted by Gasteiger charge is 2.27. The summed E-state index contributed by atoms with van der Waals surface area (Å²) in [6, 6.07) is 4.26. The van der Waals surface area contributed by atoms with Gasteiger partial charge in [0, 0.05) is 24.3 Å². The molecule has 0 amide bonds. The second-order valence-electron chi connectivity index (χ2n) is 6.39. The van der Waals surface area contributed by atoms with Gasteiger partial charge in [0.15, 0.2) is 0 Å². The van der Waals surface area contributed by atoms with Crippen molar-refractivity contribution in [2.45, 2.75) is 65.2 Å². The van der Waals surface area contributed by atoms with Crippen LogP contribution in [0.1, 0.15) is 75.0 Å². The van der Waals surface area contributed by atoms with E-state index >= 15 is 0 Å². The average molecular weight is 300 g/mol. The number of aryl methyl sites for hydroxylation is 1. The average Bonchev–Trinajstić information content (AvgIpc) is 2.80. The normalized spacial score (nSPS) is 16.4. The van der Waals surface area contributed by atoms with Crippen LogP contribution in [0.3, 0.4) is 0 Å². The zero-order valence-corrected chi connectivity index (χ0v) is 14.4. The summed E-state index contributed by atoms with van der Waals surface area (Å²) in [5, 5.41) is 0. The summed E-state index contributed by atoms with van der Waals surface area (Å²) in [4.78, 5) is 12.3. The van der Waals surface area contributed by atoms with Crippen LogP contribution in [0.4, 0.5) is 0 Å². The van der Waals surface area contributed by atoms with Crippen molar-refractivity contribution in [3.63, 3.8) is 0 Å². The monoisotopic (exact) mass is 300 g/mol. The predicted octanol–water partition coefficient (Wildman–Crippen LogP) is 5.43. The van der Waals surface area contributed by atoms with E-state index in [1.807, 2.05) is 0 Å². The first-order chi connectivity index (χ1) is 10.6. The Balaban J connectivity index is 2.09. The topological polar surface area (TPSA) is 26.3 Å². The number of allylic oxidation sites excluding steroid dienone is 2. The first-order valence-electron chi connectivity index (χ1n) is 8.46. The molecule has 1 aliphatic carbocycles. The zero-order valence-electron chi connectivity index (χ0n) is 14.4. The maximum Gasteiger partial charge on any atom is 0.133 e. The van der Waals surface area contributed by atoms with E-state index in [-0.39, 0.29) is 5.92 Å². The van der Waals surface area contributed by atoms with Crippen molar-refractivity contribution in [1.82, 2.24) is 0 Å². The van der Waals surface area contributed by atoms with Crippen LogP contribution in [-0.4, -0.2) is 12.9 Å². The first-order valence-corrected chi connectivity index (χ1v) is 8.46. The summed E-state index contributed by atoms with van der Waals surface area (Å²) in [5.74, 6) is 1.51. The molecule has 0 spiro atoms. The fourth-order valence-corrected chi connectivity index (χ4v) is 3.42. The van der Waals surface area contributed by atoms with Gasteiger partial charge in [-0.05, 0) is 37.0 Å². The lowest BCUT2D eigenvalue weighted by Gasteiger charge is -2.16. The maximum absolute atomic E-state index is 12.3. The van der Waals surface area contributed by atoms with Gasteiger partial charge in [-0.3, -0.25) is 4.79 Å². The van der Waals surface area contributed by atoms with Gasteiger partial charge in [-0.25, -0.2) is 0 Å². The Labute approximate surface area is 134 Å². The van der Waals surface area contributed by atoms with E-state index in [1.54, 1.807) is 7.11 Å². The van der Waals surface area contributed by atoms with Crippen LogP contribution < -0.4 is 4.74 Å². The van der Waals surface area contributed by atoms with Crippen molar-refractivity contribution in [1.29, 1.82) is 0 Å². The molecule has 1 aromatic carbocycles. The van der Waals surface area contributed by atoms with E-state index in [0.29, 0.717) is 18.6 Å². The van der Waals surface area contributed by atoms with Gasteiger partial charge < -0.3 is 4.74 Å². The minimum Gasteiger partial charge on any atom is -0.496 e. The van der Waals surface area contributed by atoms with Crippen molar-refractivity contribution in [2.75, 3.05) is 7.11 Å². The first kappa shape index (κ1) is 16.8. The molecular formula is C20H28O2. The molecule has 0 saturated heterocycles. The minimum atomic E-state index is 0.184. The number of benzene rings is 1. The molecule has 0 radical (unpaired) electrons. The van der Waals surface area contributed by atoms with Crippen LogP contribution in [-0.2, 0) is 4.79 Å². The number of unbranched alkanes of at least 4 members (excludes halogenated alkanes) is 3. The quantitative estimate of drug-likeness (QED) is 0.598. The van der Waals surface area contributed by atoms with Gasteiger partial charge >= 0.3 is 0 Å². The second-order valence-corrected chi connectivity index (χ2v) is 6.39. The molecule has 0 bridgehead atoms. The van der Waals surface area contributed by atoms with E-state index in [0.717, 1.165) is 17.7 Å². The van der Waals surface area contributed by atoms with Gasteiger partial charge in [0.25, 0.3) is 0 Å². The van der Waals surface area contributed by atoms with Crippen molar-refractivity contribution >= 4 is 11.4 Å². The van der Waals surface area contributed by atoms with Crippen LogP contribution in [0.2, 0.25) is 0 Å². The van der Waals surface area contributed by atoms with Crippen LogP contribution in [0.25, 0.3) is 5.57 Å². The number of Topliss-reactive ketones (excluding diaryl/α,β-unsaturated/α-hetero) is 1. The van der Waals surface area contributed by atoms with E-state index in [9.17, 15) is 4.79 Å². The number of ketones is 1. The number of hydrogen-bond acceptors (Lipinski definition) is 2. The highest BCUT2D eigenvalue weighted by atomic mass is 16.5. The molecule has 0 saturated carbocycles. The molecule has 1 atom stereocenters. The SMILES string of the molecule is CCCCCCC(=O)CC1C=C(C)c2ccc(C)c(OC)c21. The van der Waals surface area contributed by atoms with E-state index in [4.69, 9.17) is 4.74 Å².